The summed E-state index contributed by atoms with van der Waals surface area (Å²) in [5.74, 6) is 0.643. The maximum Gasteiger partial charge on any atom is 0.180 e. The fraction of sp³-hybridized carbons (Fsp3) is 0. The Hall–Kier alpha value is -8.19. The molecule has 0 aliphatic carbocycles. The van der Waals surface area contributed by atoms with E-state index in [1.807, 2.05) is 54.6 Å². The molecule has 13 aromatic rings. The first kappa shape index (κ1) is 36.5. The predicted molar refractivity (Wildman–Crippen MR) is 265 cm³/mol. The van der Waals surface area contributed by atoms with Gasteiger partial charge in [0.15, 0.2) is 11.4 Å². The zero-order valence-electron chi connectivity index (χ0n) is 34.2. The Morgan fingerprint density at radius 2 is 0.969 bits per heavy atom. The molecule has 9 aromatic carbocycles. The van der Waals surface area contributed by atoms with Crippen LogP contribution in [0.4, 0.5) is 0 Å². The molecule has 0 saturated heterocycles. The monoisotopic (exact) mass is 837 g/mol. The summed E-state index contributed by atoms with van der Waals surface area (Å²) >= 11 is 5.18. The summed E-state index contributed by atoms with van der Waals surface area (Å²) in [6, 6.07) is 72.1. The molecule has 0 amide bonds. The second kappa shape index (κ2) is 14.4. The average Bonchev–Trinajstić information content (AvgIpc) is 4.04. The molecule has 0 aliphatic rings. The maximum atomic E-state index is 6.69. The average molecular weight is 838 g/mol. The van der Waals surface area contributed by atoms with Gasteiger partial charge in [-0.2, -0.15) is 0 Å². The van der Waals surface area contributed by atoms with Crippen LogP contribution in [0.1, 0.15) is 0 Å². The van der Waals surface area contributed by atoms with Crippen LogP contribution in [-0.2, 0) is 0 Å². The van der Waals surface area contributed by atoms with E-state index in [1.54, 1.807) is 0 Å². The van der Waals surface area contributed by atoms with E-state index in [-0.39, 0.29) is 0 Å². The molecule has 300 valence electrons. The summed E-state index contributed by atoms with van der Waals surface area (Å²) in [6.45, 7) is 0. The van der Waals surface area contributed by atoms with E-state index in [4.69, 9.17) is 31.4 Å². The molecule has 0 radical (unpaired) electrons. The second-order valence-electron chi connectivity index (χ2n) is 16.2. The summed E-state index contributed by atoms with van der Waals surface area (Å²) in [4.78, 5) is 11.4. The third-order valence-electron chi connectivity index (χ3n) is 12.5. The van der Waals surface area contributed by atoms with Gasteiger partial charge in [0, 0.05) is 54.1 Å². The van der Waals surface area contributed by atoms with Crippen LogP contribution in [0.3, 0.4) is 0 Å². The first-order valence-electron chi connectivity index (χ1n) is 21.4. The smallest absolute Gasteiger partial charge is 0.180 e. The zero-order chi connectivity index (χ0) is 42.3. The lowest BCUT2D eigenvalue weighted by molar-refractivity contribution is 0.667. The van der Waals surface area contributed by atoms with Crippen LogP contribution in [0.15, 0.2) is 220 Å². The molecule has 0 spiro atoms. The van der Waals surface area contributed by atoms with Crippen LogP contribution in [-0.4, -0.2) is 14.5 Å². The number of hydrogen-bond donors (Lipinski definition) is 1. The first-order valence-corrected chi connectivity index (χ1v) is 21.8. The van der Waals surface area contributed by atoms with E-state index in [2.05, 4.69) is 156 Å². The maximum absolute atomic E-state index is 6.69. The second-order valence-corrected chi connectivity index (χ2v) is 16.7. The summed E-state index contributed by atoms with van der Waals surface area (Å²) in [7, 11) is 0. The number of rotatable bonds is 6. The highest BCUT2D eigenvalue weighted by Gasteiger charge is 2.25. The van der Waals surface area contributed by atoms with Gasteiger partial charge >= 0.3 is 0 Å². The van der Waals surface area contributed by atoms with Gasteiger partial charge in [0.05, 0.1) is 16.7 Å². The quantitative estimate of drug-likeness (QED) is 0.170. The molecule has 0 aliphatic heterocycles. The predicted octanol–water partition coefficient (Wildman–Crippen LogP) is 16.0. The number of hydrogen-bond acceptors (Lipinski definition) is 5. The molecule has 0 atom stereocenters. The summed E-state index contributed by atoms with van der Waals surface area (Å²) < 4.78 is 15.4. The van der Waals surface area contributed by atoms with Crippen LogP contribution in [0.2, 0.25) is 0 Å². The molecular weight excluding hydrogens is 803 g/mol. The van der Waals surface area contributed by atoms with Crippen LogP contribution in [0, 0.1) is 0 Å². The summed E-state index contributed by atoms with van der Waals surface area (Å²) in [5.41, 5.74) is 16.2. The van der Waals surface area contributed by atoms with Crippen LogP contribution < -0.4 is 0 Å². The van der Waals surface area contributed by atoms with Crippen LogP contribution >= 0.6 is 12.6 Å². The molecule has 4 heterocycles. The molecule has 0 unspecified atom stereocenters. The van der Waals surface area contributed by atoms with E-state index in [0.29, 0.717) is 11.4 Å². The van der Waals surface area contributed by atoms with Crippen molar-refractivity contribution in [3.63, 3.8) is 0 Å². The van der Waals surface area contributed by atoms with E-state index >= 15 is 0 Å². The van der Waals surface area contributed by atoms with Crippen molar-refractivity contribution in [1.82, 2.24) is 14.5 Å². The molecule has 0 fully saturated rings. The third kappa shape index (κ3) is 5.66. The summed E-state index contributed by atoms with van der Waals surface area (Å²) in [6.07, 6.45) is 0. The van der Waals surface area contributed by atoms with Gasteiger partial charge in [0.25, 0.3) is 0 Å². The summed E-state index contributed by atoms with van der Waals surface area (Å²) in [5, 5.41) is 5.34. The highest BCUT2D eigenvalue weighted by Crippen LogP contribution is 2.47. The standard InChI is InChI=1S/C58H35N3O2S/c64-57-40(29-31-51-52(57)42-23-11-14-26-49(42)62-51)38-28-30-48-46(32-38)41-22-10-13-25-47(41)61(48)55-44(35-16-4-1-5-17-35)33-39(34-45(55)36-18-6-2-7-19-36)53-56-54(43-24-12-15-27-50(43)63-56)60-58(59-53)37-20-8-3-9-21-37/h1-34,64H. The number of fused-ring (bicyclic) bond motifs is 9. The van der Waals surface area contributed by atoms with Crippen molar-refractivity contribution in [3.8, 4) is 61.7 Å². The topological polar surface area (TPSA) is 57.0 Å². The number of furan rings is 2. The number of thiol groups is 1. The molecule has 0 N–H and O–H groups in total. The molecule has 0 saturated carbocycles. The van der Waals surface area contributed by atoms with Crippen molar-refractivity contribution < 1.29 is 8.83 Å². The fourth-order valence-corrected chi connectivity index (χ4v) is 10.0. The third-order valence-corrected chi connectivity index (χ3v) is 13.0. The van der Waals surface area contributed by atoms with Gasteiger partial charge in [0.2, 0.25) is 0 Å². The molecule has 0 bridgehead atoms. The normalized spacial score (nSPS) is 11.8. The Balaban J connectivity index is 1.11. The molecule has 4 aromatic heterocycles. The number of aromatic nitrogens is 3. The minimum atomic E-state index is 0.643. The van der Waals surface area contributed by atoms with E-state index in [0.717, 1.165) is 121 Å². The van der Waals surface area contributed by atoms with Gasteiger partial charge in [0.1, 0.15) is 28.0 Å². The van der Waals surface area contributed by atoms with Gasteiger partial charge in [-0.25, -0.2) is 9.97 Å². The van der Waals surface area contributed by atoms with Crippen molar-refractivity contribution in [1.29, 1.82) is 0 Å². The van der Waals surface area contributed by atoms with Crippen molar-refractivity contribution in [2.75, 3.05) is 0 Å². The lowest BCUT2D eigenvalue weighted by Gasteiger charge is -2.21. The number of para-hydroxylation sites is 3. The number of benzene rings is 9. The van der Waals surface area contributed by atoms with Crippen molar-refractivity contribution in [2.24, 2.45) is 0 Å². The van der Waals surface area contributed by atoms with Crippen LogP contribution in [0.25, 0.3) is 128 Å². The Morgan fingerprint density at radius 1 is 0.391 bits per heavy atom. The molecule has 64 heavy (non-hydrogen) atoms. The lowest BCUT2D eigenvalue weighted by Crippen LogP contribution is -2.02. The van der Waals surface area contributed by atoms with Crippen molar-refractivity contribution >= 4 is 78.4 Å². The lowest BCUT2D eigenvalue weighted by atomic mass is 9.91. The largest absolute Gasteiger partial charge is 0.456 e. The molecule has 5 nitrogen and oxygen atoms in total. The minimum Gasteiger partial charge on any atom is -0.456 e. The highest BCUT2D eigenvalue weighted by atomic mass is 32.1. The van der Waals surface area contributed by atoms with Crippen molar-refractivity contribution in [3.05, 3.63) is 206 Å². The van der Waals surface area contributed by atoms with Gasteiger partial charge in [-0.1, -0.05) is 146 Å². The zero-order valence-corrected chi connectivity index (χ0v) is 35.1. The Bertz CT molecular complexity index is 3900. The van der Waals surface area contributed by atoms with Gasteiger partial charge in [-0.3, -0.25) is 0 Å². The number of nitrogens with zero attached hydrogens (tertiary/aromatic N) is 3. The molecule has 13 rings (SSSR count). The SMILES string of the molecule is Sc1c(-c2ccc3c(c2)c2ccccc2n3-c2c(-c3ccccc3)cc(-c3nc(-c4ccccc4)nc4c3oc3ccccc34)cc2-c2ccccc2)ccc2oc3ccccc3c12. The van der Waals surface area contributed by atoms with E-state index in [9.17, 15) is 0 Å². The minimum absolute atomic E-state index is 0.643. The van der Waals surface area contributed by atoms with E-state index in [1.165, 1.54) is 0 Å². The Labute approximate surface area is 372 Å². The first-order chi connectivity index (χ1) is 31.7. The van der Waals surface area contributed by atoms with Gasteiger partial charge in [-0.05, 0) is 82.9 Å². The van der Waals surface area contributed by atoms with E-state index < -0.39 is 0 Å². The Kier molecular flexibility index (Phi) is 8.23. The molecular formula is C58H35N3O2S. The van der Waals surface area contributed by atoms with Crippen molar-refractivity contribution in [2.45, 2.75) is 4.90 Å². The Morgan fingerprint density at radius 3 is 1.67 bits per heavy atom. The van der Waals surface area contributed by atoms with Gasteiger partial charge < -0.3 is 13.4 Å². The van der Waals surface area contributed by atoms with Gasteiger partial charge in [-0.15, -0.1) is 12.6 Å². The van der Waals surface area contributed by atoms with Crippen LogP contribution in [0.5, 0.6) is 0 Å². The molecule has 6 heteroatoms. The fourth-order valence-electron chi connectivity index (χ4n) is 9.60. The highest BCUT2D eigenvalue weighted by molar-refractivity contribution is 7.80.